The molecule has 2 rings (SSSR count). The van der Waals surface area contributed by atoms with Crippen LogP contribution in [0.2, 0.25) is 0 Å². The Balaban J connectivity index is 1.96. The van der Waals surface area contributed by atoms with Gasteiger partial charge >= 0.3 is 5.97 Å². The Morgan fingerprint density at radius 1 is 1.00 bits per heavy atom. The first kappa shape index (κ1) is 19.2. The number of esters is 1. The molecular weight excluding hydrogens is 341 g/mol. The molecule has 0 aliphatic carbocycles. The van der Waals surface area contributed by atoms with Crippen molar-refractivity contribution in [1.82, 2.24) is 0 Å². The van der Waals surface area contributed by atoms with Crippen LogP contribution in [-0.4, -0.2) is 31.7 Å². The number of hydrogen-bond acceptors (Lipinski definition) is 5. The highest BCUT2D eigenvalue weighted by atomic mass is 19.1. The van der Waals surface area contributed by atoms with Crippen molar-refractivity contribution in [3.63, 3.8) is 0 Å². The lowest BCUT2D eigenvalue weighted by atomic mass is 10.2. The Kier molecular flexibility index (Phi) is 6.96. The summed E-state index contributed by atoms with van der Waals surface area (Å²) in [6.45, 7) is 4.04. The summed E-state index contributed by atoms with van der Waals surface area (Å²) in [6.07, 6.45) is 0. The van der Waals surface area contributed by atoms with Gasteiger partial charge in [-0.15, -0.1) is 0 Å². The molecule has 0 aliphatic heterocycles. The second-order valence-electron chi connectivity index (χ2n) is 5.16. The highest BCUT2D eigenvalue weighted by Crippen LogP contribution is 2.28. The van der Waals surface area contributed by atoms with E-state index in [2.05, 4.69) is 5.32 Å². The van der Waals surface area contributed by atoms with E-state index >= 15 is 0 Å². The number of anilines is 1. The number of halogens is 1. The number of ether oxygens (including phenoxy) is 3. The van der Waals surface area contributed by atoms with E-state index in [0.717, 1.165) is 0 Å². The van der Waals surface area contributed by atoms with Crippen molar-refractivity contribution in [2.24, 2.45) is 0 Å². The summed E-state index contributed by atoms with van der Waals surface area (Å²) >= 11 is 0. The second kappa shape index (κ2) is 9.41. The third kappa shape index (κ3) is 5.47. The minimum absolute atomic E-state index is 0.232. The minimum atomic E-state index is -0.677. The zero-order valence-electron chi connectivity index (χ0n) is 14.6. The lowest BCUT2D eigenvalue weighted by molar-refractivity contribution is -0.119. The smallest absolute Gasteiger partial charge is 0.338 e. The summed E-state index contributed by atoms with van der Waals surface area (Å²) < 4.78 is 28.9. The second-order valence-corrected chi connectivity index (χ2v) is 5.16. The van der Waals surface area contributed by atoms with E-state index in [4.69, 9.17) is 14.2 Å². The normalized spacial score (nSPS) is 10.1. The lowest BCUT2D eigenvalue weighted by Crippen LogP contribution is -2.21. The number of amides is 1. The third-order valence-corrected chi connectivity index (χ3v) is 3.22. The molecule has 26 heavy (non-hydrogen) atoms. The van der Waals surface area contributed by atoms with Crippen LogP contribution in [0.4, 0.5) is 10.1 Å². The zero-order valence-corrected chi connectivity index (χ0v) is 14.6. The molecule has 2 aromatic carbocycles. The number of carbonyl (C=O) groups excluding carboxylic acids is 2. The van der Waals surface area contributed by atoms with E-state index in [1.807, 2.05) is 13.8 Å². The topological polar surface area (TPSA) is 73.9 Å². The molecule has 1 N–H and O–H groups in total. The van der Waals surface area contributed by atoms with E-state index in [-0.39, 0.29) is 11.3 Å². The van der Waals surface area contributed by atoms with Crippen molar-refractivity contribution in [2.45, 2.75) is 13.8 Å². The molecule has 0 aromatic heterocycles. The van der Waals surface area contributed by atoms with Gasteiger partial charge in [0.1, 0.15) is 5.82 Å². The fourth-order valence-electron chi connectivity index (χ4n) is 2.16. The molecule has 0 atom stereocenters. The first-order chi connectivity index (χ1) is 12.5. The standard InChI is InChI=1S/C19H20FNO5/c1-3-24-16-9-8-13(10-17(16)25-4-2)19(23)26-12-18(22)21-15-7-5-6-14(20)11-15/h5-11H,3-4,12H2,1-2H3,(H,21,22). The van der Waals surface area contributed by atoms with Crippen molar-refractivity contribution in [3.05, 3.63) is 53.8 Å². The van der Waals surface area contributed by atoms with Gasteiger partial charge in [-0.3, -0.25) is 4.79 Å². The van der Waals surface area contributed by atoms with E-state index in [1.54, 1.807) is 6.07 Å². The molecule has 2 aromatic rings. The summed E-state index contributed by atoms with van der Waals surface area (Å²) in [4.78, 5) is 23.9. The van der Waals surface area contributed by atoms with Gasteiger partial charge in [-0.2, -0.15) is 0 Å². The molecule has 138 valence electrons. The van der Waals surface area contributed by atoms with Crippen LogP contribution in [0.15, 0.2) is 42.5 Å². The summed E-state index contributed by atoms with van der Waals surface area (Å²) in [5.74, 6) is -0.774. The Labute approximate surface area is 150 Å². The summed E-state index contributed by atoms with van der Waals surface area (Å²) in [5, 5.41) is 2.45. The summed E-state index contributed by atoms with van der Waals surface area (Å²) in [5.41, 5.74) is 0.515. The molecular formula is C19H20FNO5. The highest BCUT2D eigenvalue weighted by Gasteiger charge is 2.14. The van der Waals surface area contributed by atoms with Crippen molar-refractivity contribution < 1.29 is 28.2 Å². The van der Waals surface area contributed by atoms with Gasteiger partial charge in [0.15, 0.2) is 18.1 Å². The number of benzene rings is 2. The van der Waals surface area contributed by atoms with E-state index in [1.165, 1.54) is 36.4 Å². The lowest BCUT2D eigenvalue weighted by Gasteiger charge is -2.12. The predicted molar refractivity (Wildman–Crippen MR) is 94.1 cm³/mol. The van der Waals surface area contributed by atoms with Crippen molar-refractivity contribution in [1.29, 1.82) is 0 Å². The Morgan fingerprint density at radius 3 is 2.42 bits per heavy atom. The molecule has 0 bridgehead atoms. The number of nitrogens with one attached hydrogen (secondary N) is 1. The largest absolute Gasteiger partial charge is 0.490 e. The van der Waals surface area contributed by atoms with Crippen molar-refractivity contribution in [2.75, 3.05) is 25.1 Å². The summed E-state index contributed by atoms with van der Waals surface area (Å²) in [7, 11) is 0. The molecule has 0 radical (unpaired) electrons. The van der Waals surface area contributed by atoms with Crippen LogP contribution in [0, 0.1) is 5.82 Å². The van der Waals surface area contributed by atoms with Gasteiger partial charge in [-0.1, -0.05) is 6.07 Å². The van der Waals surface area contributed by atoms with E-state index in [9.17, 15) is 14.0 Å². The molecule has 1 amide bonds. The molecule has 0 saturated heterocycles. The van der Waals surface area contributed by atoms with Gasteiger partial charge in [0.2, 0.25) is 0 Å². The van der Waals surface area contributed by atoms with Crippen LogP contribution in [0.25, 0.3) is 0 Å². The van der Waals surface area contributed by atoms with Crippen LogP contribution in [0.5, 0.6) is 11.5 Å². The Hall–Kier alpha value is -3.09. The quantitative estimate of drug-likeness (QED) is 0.730. The van der Waals surface area contributed by atoms with Crippen molar-refractivity contribution in [3.8, 4) is 11.5 Å². The number of rotatable bonds is 8. The van der Waals surface area contributed by atoms with Crippen LogP contribution >= 0.6 is 0 Å². The highest BCUT2D eigenvalue weighted by molar-refractivity contribution is 5.95. The molecule has 0 spiro atoms. The Morgan fingerprint density at radius 2 is 1.73 bits per heavy atom. The minimum Gasteiger partial charge on any atom is -0.490 e. The van der Waals surface area contributed by atoms with E-state index < -0.39 is 24.3 Å². The average Bonchev–Trinajstić information content (AvgIpc) is 2.61. The third-order valence-electron chi connectivity index (χ3n) is 3.22. The van der Waals surface area contributed by atoms with Gasteiger partial charge in [0.05, 0.1) is 18.8 Å². The first-order valence-electron chi connectivity index (χ1n) is 8.15. The van der Waals surface area contributed by atoms with E-state index in [0.29, 0.717) is 24.7 Å². The number of hydrogen-bond donors (Lipinski definition) is 1. The van der Waals surface area contributed by atoms with Crippen LogP contribution in [0.1, 0.15) is 24.2 Å². The molecule has 0 fully saturated rings. The fraction of sp³-hybridized carbons (Fsp3) is 0.263. The number of carbonyl (C=O) groups is 2. The van der Waals surface area contributed by atoms with Crippen molar-refractivity contribution >= 4 is 17.6 Å². The average molecular weight is 361 g/mol. The first-order valence-corrected chi connectivity index (χ1v) is 8.15. The van der Waals surface area contributed by atoms with Gasteiger partial charge in [-0.25, -0.2) is 9.18 Å². The van der Waals surface area contributed by atoms with Gasteiger partial charge in [-0.05, 0) is 50.2 Å². The van der Waals surface area contributed by atoms with Crippen LogP contribution < -0.4 is 14.8 Å². The maximum Gasteiger partial charge on any atom is 0.338 e. The van der Waals surface area contributed by atoms with Gasteiger partial charge < -0.3 is 19.5 Å². The summed E-state index contributed by atoms with van der Waals surface area (Å²) in [6, 6.07) is 10.1. The molecule has 0 aliphatic rings. The maximum atomic E-state index is 13.1. The molecule has 7 heteroatoms. The SMILES string of the molecule is CCOc1ccc(C(=O)OCC(=O)Nc2cccc(F)c2)cc1OCC. The van der Waals surface area contributed by atoms with Crippen LogP contribution in [-0.2, 0) is 9.53 Å². The molecule has 0 saturated carbocycles. The predicted octanol–water partition coefficient (Wildman–Crippen LogP) is 3.42. The van der Waals surface area contributed by atoms with Crippen LogP contribution in [0.3, 0.4) is 0 Å². The Bertz CT molecular complexity index is 778. The fourth-order valence-corrected chi connectivity index (χ4v) is 2.16. The zero-order chi connectivity index (χ0) is 18.9. The molecule has 0 heterocycles. The monoisotopic (exact) mass is 361 g/mol. The molecule has 6 nitrogen and oxygen atoms in total. The maximum absolute atomic E-state index is 13.1. The van der Waals surface area contributed by atoms with Gasteiger partial charge in [0.25, 0.3) is 5.91 Å². The molecule has 0 unspecified atom stereocenters. The van der Waals surface area contributed by atoms with Gasteiger partial charge in [0, 0.05) is 5.69 Å².